The van der Waals surface area contributed by atoms with E-state index < -0.39 is 0 Å². The van der Waals surface area contributed by atoms with Gasteiger partial charge in [0.05, 0.1) is 26.6 Å². The van der Waals surface area contributed by atoms with Crippen molar-refractivity contribution >= 4 is 5.91 Å². The standard InChI is InChI=1S/C18H23N3O4/c1-12-19-18(25-20-12)14-5-4-8-21(11-14)17(22)10-13-6-7-15(23-2)16(9-13)24-3/h6-7,9,14H,4-5,8,10-11H2,1-3H3. The third kappa shape index (κ3) is 3.92. The van der Waals surface area contributed by atoms with Crippen LogP contribution >= 0.6 is 0 Å². The normalized spacial score (nSPS) is 17.4. The van der Waals surface area contributed by atoms with Crippen LogP contribution in [0.3, 0.4) is 0 Å². The van der Waals surface area contributed by atoms with Crippen LogP contribution in [0.4, 0.5) is 0 Å². The molecule has 1 aromatic carbocycles. The predicted octanol–water partition coefficient (Wildman–Crippen LogP) is 2.34. The summed E-state index contributed by atoms with van der Waals surface area (Å²) in [7, 11) is 3.18. The number of carbonyl (C=O) groups is 1. The fraction of sp³-hybridized carbons (Fsp3) is 0.500. The van der Waals surface area contributed by atoms with Crippen molar-refractivity contribution in [2.45, 2.75) is 32.1 Å². The van der Waals surface area contributed by atoms with Crippen molar-refractivity contribution in [3.63, 3.8) is 0 Å². The van der Waals surface area contributed by atoms with E-state index in [0.29, 0.717) is 36.2 Å². The Morgan fingerprint density at radius 2 is 2.12 bits per heavy atom. The number of aromatic nitrogens is 2. The van der Waals surface area contributed by atoms with Crippen molar-refractivity contribution in [3.8, 4) is 11.5 Å². The van der Waals surface area contributed by atoms with E-state index in [-0.39, 0.29) is 11.8 Å². The van der Waals surface area contributed by atoms with E-state index in [4.69, 9.17) is 14.0 Å². The van der Waals surface area contributed by atoms with Gasteiger partial charge in [-0.25, -0.2) is 0 Å². The molecular formula is C18H23N3O4. The molecule has 1 aliphatic heterocycles. The van der Waals surface area contributed by atoms with Crippen LogP contribution in [0.25, 0.3) is 0 Å². The van der Waals surface area contributed by atoms with Crippen molar-refractivity contribution in [2.24, 2.45) is 0 Å². The number of nitrogens with zero attached hydrogens (tertiary/aromatic N) is 3. The predicted molar refractivity (Wildman–Crippen MR) is 90.8 cm³/mol. The van der Waals surface area contributed by atoms with Crippen molar-refractivity contribution in [3.05, 3.63) is 35.5 Å². The molecule has 1 atom stereocenters. The molecule has 134 valence electrons. The van der Waals surface area contributed by atoms with Gasteiger partial charge in [-0.1, -0.05) is 11.2 Å². The second-order valence-corrected chi connectivity index (χ2v) is 6.22. The van der Waals surface area contributed by atoms with Crippen molar-refractivity contribution in [2.75, 3.05) is 27.3 Å². The SMILES string of the molecule is COc1ccc(CC(=O)N2CCCC(c3nc(C)no3)C2)cc1OC. The molecule has 1 saturated heterocycles. The molecule has 1 aliphatic rings. The smallest absolute Gasteiger partial charge is 0.231 e. The first-order valence-corrected chi connectivity index (χ1v) is 8.39. The van der Waals surface area contributed by atoms with Crippen LogP contribution < -0.4 is 9.47 Å². The van der Waals surface area contributed by atoms with Gasteiger partial charge in [-0.15, -0.1) is 0 Å². The highest BCUT2D eigenvalue weighted by atomic mass is 16.5. The van der Waals surface area contributed by atoms with Crippen LogP contribution in [0.5, 0.6) is 11.5 Å². The van der Waals surface area contributed by atoms with Gasteiger partial charge >= 0.3 is 0 Å². The number of hydrogen-bond acceptors (Lipinski definition) is 6. The Balaban J connectivity index is 1.66. The number of likely N-dealkylation sites (tertiary alicyclic amines) is 1. The quantitative estimate of drug-likeness (QED) is 0.828. The summed E-state index contributed by atoms with van der Waals surface area (Å²) in [5.41, 5.74) is 0.901. The molecule has 2 heterocycles. The summed E-state index contributed by atoms with van der Waals surface area (Å²) in [6.07, 6.45) is 2.22. The molecule has 7 heteroatoms. The van der Waals surface area contributed by atoms with E-state index >= 15 is 0 Å². The number of rotatable bonds is 5. The van der Waals surface area contributed by atoms with Crippen molar-refractivity contribution in [1.29, 1.82) is 0 Å². The molecule has 7 nitrogen and oxygen atoms in total. The maximum atomic E-state index is 12.7. The van der Waals surface area contributed by atoms with Gasteiger partial charge in [0.25, 0.3) is 0 Å². The molecule has 0 radical (unpaired) electrons. The molecule has 25 heavy (non-hydrogen) atoms. The lowest BCUT2D eigenvalue weighted by molar-refractivity contribution is -0.131. The topological polar surface area (TPSA) is 77.7 Å². The molecule has 1 amide bonds. The first-order chi connectivity index (χ1) is 12.1. The lowest BCUT2D eigenvalue weighted by atomic mass is 9.97. The molecule has 3 rings (SSSR count). The van der Waals surface area contributed by atoms with Gasteiger partial charge in [0.1, 0.15) is 0 Å². The highest BCUT2D eigenvalue weighted by Gasteiger charge is 2.28. The number of piperidine rings is 1. The van der Waals surface area contributed by atoms with Crippen molar-refractivity contribution in [1.82, 2.24) is 15.0 Å². The Hall–Kier alpha value is -2.57. The lowest BCUT2D eigenvalue weighted by Gasteiger charge is -2.31. The minimum Gasteiger partial charge on any atom is -0.493 e. The molecule has 1 fully saturated rings. The molecule has 0 spiro atoms. The molecule has 0 aliphatic carbocycles. The summed E-state index contributed by atoms with van der Waals surface area (Å²) >= 11 is 0. The molecule has 1 unspecified atom stereocenters. The average Bonchev–Trinajstić information content (AvgIpc) is 3.08. The highest BCUT2D eigenvalue weighted by molar-refractivity contribution is 5.79. The third-order valence-electron chi connectivity index (χ3n) is 4.47. The first kappa shape index (κ1) is 17.3. The zero-order chi connectivity index (χ0) is 17.8. The first-order valence-electron chi connectivity index (χ1n) is 8.39. The summed E-state index contributed by atoms with van der Waals surface area (Å²) in [6, 6.07) is 5.56. The number of methoxy groups -OCH3 is 2. The van der Waals surface area contributed by atoms with Gasteiger partial charge in [0.15, 0.2) is 17.3 Å². The van der Waals surface area contributed by atoms with Gasteiger partial charge in [0.2, 0.25) is 11.8 Å². The van der Waals surface area contributed by atoms with E-state index in [1.54, 1.807) is 21.1 Å². The summed E-state index contributed by atoms with van der Waals surface area (Å²) in [6.45, 7) is 3.18. The van der Waals surface area contributed by atoms with E-state index in [0.717, 1.165) is 24.9 Å². The number of benzene rings is 1. The summed E-state index contributed by atoms with van der Waals surface area (Å²) in [5, 5.41) is 3.85. The summed E-state index contributed by atoms with van der Waals surface area (Å²) in [4.78, 5) is 18.9. The van der Waals surface area contributed by atoms with Crippen molar-refractivity contribution < 1.29 is 18.8 Å². The number of hydrogen-bond donors (Lipinski definition) is 0. The van der Waals surface area contributed by atoms with Crippen LogP contribution in [-0.4, -0.2) is 48.3 Å². The zero-order valence-corrected chi connectivity index (χ0v) is 14.8. The second kappa shape index (κ2) is 7.55. The van der Waals surface area contributed by atoms with Crippen LogP contribution in [0.15, 0.2) is 22.7 Å². The second-order valence-electron chi connectivity index (χ2n) is 6.22. The summed E-state index contributed by atoms with van der Waals surface area (Å²) < 4.78 is 15.8. The van der Waals surface area contributed by atoms with Crippen LogP contribution in [0, 0.1) is 6.92 Å². The molecule has 0 saturated carbocycles. The van der Waals surface area contributed by atoms with Crippen LogP contribution in [-0.2, 0) is 11.2 Å². The van der Waals surface area contributed by atoms with Gasteiger partial charge < -0.3 is 18.9 Å². The lowest BCUT2D eigenvalue weighted by Crippen LogP contribution is -2.40. The van der Waals surface area contributed by atoms with E-state index in [9.17, 15) is 4.79 Å². The average molecular weight is 345 g/mol. The Bertz CT molecular complexity index is 744. The highest BCUT2D eigenvalue weighted by Crippen LogP contribution is 2.29. The molecule has 2 aromatic rings. The Morgan fingerprint density at radius 1 is 1.32 bits per heavy atom. The minimum atomic E-state index is 0.0909. The number of amides is 1. The molecule has 0 N–H and O–H groups in total. The molecule has 1 aromatic heterocycles. The Labute approximate surface area is 146 Å². The number of ether oxygens (including phenoxy) is 2. The monoisotopic (exact) mass is 345 g/mol. The number of aryl methyl sites for hydroxylation is 1. The zero-order valence-electron chi connectivity index (χ0n) is 14.8. The maximum absolute atomic E-state index is 12.7. The molecular weight excluding hydrogens is 322 g/mol. The minimum absolute atomic E-state index is 0.0909. The van der Waals surface area contributed by atoms with Gasteiger partial charge in [-0.05, 0) is 37.5 Å². The fourth-order valence-electron chi connectivity index (χ4n) is 3.16. The van der Waals surface area contributed by atoms with Crippen LogP contribution in [0.2, 0.25) is 0 Å². The largest absolute Gasteiger partial charge is 0.493 e. The van der Waals surface area contributed by atoms with Gasteiger partial charge in [-0.2, -0.15) is 4.98 Å². The fourth-order valence-corrected chi connectivity index (χ4v) is 3.16. The third-order valence-corrected chi connectivity index (χ3v) is 4.47. The van der Waals surface area contributed by atoms with Gasteiger partial charge in [0, 0.05) is 13.1 Å². The van der Waals surface area contributed by atoms with Crippen LogP contribution in [0.1, 0.15) is 36.0 Å². The Morgan fingerprint density at radius 3 is 2.80 bits per heavy atom. The molecule has 0 bridgehead atoms. The number of carbonyl (C=O) groups excluding carboxylic acids is 1. The van der Waals surface area contributed by atoms with E-state index in [2.05, 4.69) is 10.1 Å². The van der Waals surface area contributed by atoms with Gasteiger partial charge in [-0.3, -0.25) is 4.79 Å². The Kier molecular flexibility index (Phi) is 5.21. The van der Waals surface area contributed by atoms with E-state index in [1.807, 2.05) is 23.1 Å². The summed E-state index contributed by atoms with van der Waals surface area (Å²) in [5.74, 6) is 2.75. The maximum Gasteiger partial charge on any atom is 0.231 e. The van der Waals surface area contributed by atoms with E-state index in [1.165, 1.54) is 0 Å².